The molecule has 0 aliphatic rings. The largest absolute Gasteiger partial charge is 0.497 e. The normalized spacial score (nSPS) is 11.7. The van der Waals surface area contributed by atoms with Crippen LogP contribution in [-0.2, 0) is 7.05 Å². The standard InChI is InChI=1S/C20H22N4O3/c1-13(18-6-5-17(26-3)8-19(18)27-4)23-20(25)15-7-14(9-21-10-15)16-11-22-24(2)12-16/h5-13H,1-4H3,(H,23,25). The number of methoxy groups -OCH3 is 2. The van der Waals surface area contributed by atoms with Crippen LogP contribution in [0, 0.1) is 0 Å². The van der Waals surface area contributed by atoms with E-state index in [1.165, 1.54) is 0 Å². The maximum Gasteiger partial charge on any atom is 0.253 e. The quantitative estimate of drug-likeness (QED) is 0.726. The minimum Gasteiger partial charge on any atom is -0.497 e. The Labute approximate surface area is 158 Å². The average Bonchev–Trinajstić information content (AvgIpc) is 3.13. The Morgan fingerprint density at radius 2 is 1.93 bits per heavy atom. The molecular formula is C20H22N4O3. The van der Waals surface area contributed by atoms with Gasteiger partial charge in [-0.2, -0.15) is 5.10 Å². The zero-order chi connectivity index (χ0) is 19.4. The Kier molecular flexibility index (Phi) is 5.40. The highest BCUT2D eigenvalue weighted by molar-refractivity contribution is 5.95. The lowest BCUT2D eigenvalue weighted by molar-refractivity contribution is 0.0939. The Balaban J connectivity index is 1.79. The average molecular weight is 366 g/mol. The first-order valence-corrected chi connectivity index (χ1v) is 8.48. The highest BCUT2D eigenvalue weighted by Gasteiger charge is 2.17. The van der Waals surface area contributed by atoms with Crippen LogP contribution in [0.4, 0.5) is 0 Å². The van der Waals surface area contributed by atoms with Crippen molar-refractivity contribution in [3.05, 3.63) is 60.2 Å². The van der Waals surface area contributed by atoms with Gasteiger partial charge >= 0.3 is 0 Å². The zero-order valence-corrected chi connectivity index (χ0v) is 15.8. The fourth-order valence-electron chi connectivity index (χ4n) is 2.83. The molecule has 0 spiro atoms. The summed E-state index contributed by atoms with van der Waals surface area (Å²) in [5.41, 5.74) is 3.09. The smallest absolute Gasteiger partial charge is 0.253 e. The fourth-order valence-corrected chi connectivity index (χ4v) is 2.83. The molecule has 7 nitrogen and oxygen atoms in total. The van der Waals surface area contributed by atoms with Gasteiger partial charge in [-0.15, -0.1) is 0 Å². The van der Waals surface area contributed by atoms with Gasteiger partial charge in [0.1, 0.15) is 11.5 Å². The van der Waals surface area contributed by atoms with E-state index in [1.54, 1.807) is 49.6 Å². The predicted octanol–water partition coefficient (Wildman–Crippen LogP) is 2.99. The van der Waals surface area contributed by atoms with Crippen molar-refractivity contribution in [3.8, 4) is 22.6 Å². The molecule has 0 aliphatic carbocycles. The van der Waals surface area contributed by atoms with E-state index >= 15 is 0 Å². The van der Waals surface area contributed by atoms with Crippen LogP contribution in [0.15, 0.2) is 49.1 Å². The third-order valence-corrected chi connectivity index (χ3v) is 4.29. The van der Waals surface area contributed by atoms with Crippen LogP contribution in [0.2, 0.25) is 0 Å². The molecule has 1 amide bonds. The lowest BCUT2D eigenvalue weighted by Crippen LogP contribution is -2.27. The van der Waals surface area contributed by atoms with Crippen molar-refractivity contribution < 1.29 is 14.3 Å². The van der Waals surface area contributed by atoms with Gasteiger partial charge in [0.25, 0.3) is 5.91 Å². The molecule has 2 aromatic heterocycles. The van der Waals surface area contributed by atoms with Crippen molar-refractivity contribution in [2.75, 3.05) is 14.2 Å². The van der Waals surface area contributed by atoms with Gasteiger partial charge < -0.3 is 14.8 Å². The zero-order valence-electron chi connectivity index (χ0n) is 15.8. The third kappa shape index (κ3) is 4.08. The number of nitrogens with one attached hydrogen (secondary N) is 1. The molecule has 1 atom stereocenters. The number of nitrogens with zero attached hydrogens (tertiary/aromatic N) is 3. The number of amides is 1. The van der Waals surface area contributed by atoms with Crippen LogP contribution in [0.3, 0.4) is 0 Å². The monoisotopic (exact) mass is 366 g/mol. The highest BCUT2D eigenvalue weighted by atomic mass is 16.5. The molecule has 0 saturated carbocycles. The van der Waals surface area contributed by atoms with Crippen LogP contribution < -0.4 is 14.8 Å². The van der Waals surface area contributed by atoms with E-state index in [4.69, 9.17) is 9.47 Å². The first-order chi connectivity index (χ1) is 13.0. The van der Waals surface area contributed by atoms with Crippen LogP contribution in [0.1, 0.15) is 28.9 Å². The van der Waals surface area contributed by atoms with Crippen LogP contribution >= 0.6 is 0 Å². The van der Waals surface area contributed by atoms with Crippen LogP contribution in [-0.4, -0.2) is 34.9 Å². The summed E-state index contributed by atoms with van der Waals surface area (Å²) in [6.45, 7) is 1.90. The van der Waals surface area contributed by atoms with Crippen molar-refractivity contribution in [1.29, 1.82) is 0 Å². The summed E-state index contributed by atoms with van der Waals surface area (Å²) in [5, 5.41) is 7.14. The van der Waals surface area contributed by atoms with Gasteiger partial charge in [-0.1, -0.05) is 0 Å². The van der Waals surface area contributed by atoms with Gasteiger partial charge in [0.05, 0.1) is 32.0 Å². The summed E-state index contributed by atoms with van der Waals surface area (Å²) < 4.78 is 12.3. The Morgan fingerprint density at radius 3 is 2.59 bits per heavy atom. The van der Waals surface area contributed by atoms with Gasteiger partial charge in [-0.3, -0.25) is 14.5 Å². The predicted molar refractivity (Wildman–Crippen MR) is 102 cm³/mol. The number of aryl methyl sites for hydroxylation is 1. The second kappa shape index (κ2) is 7.90. The van der Waals surface area contributed by atoms with E-state index in [-0.39, 0.29) is 11.9 Å². The molecule has 3 rings (SSSR count). The van der Waals surface area contributed by atoms with Crippen molar-refractivity contribution in [1.82, 2.24) is 20.1 Å². The lowest BCUT2D eigenvalue weighted by atomic mass is 10.1. The molecule has 0 radical (unpaired) electrons. The summed E-state index contributed by atoms with van der Waals surface area (Å²) in [7, 11) is 5.04. The number of ether oxygens (including phenoxy) is 2. The van der Waals surface area contributed by atoms with Crippen molar-refractivity contribution in [2.45, 2.75) is 13.0 Å². The second-order valence-corrected chi connectivity index (χ2v) is 6.17. The Bertz CT molecular complexity index is 952. The van der Waals surface area contributed by atoms with Gasteiger partial charge in [0.15, 0.2) is 0 Å². The SMILES string of the molecule is COc1ccc(C(C)NC(=O)c2cncc(-c3cnn(C)c3)c2)c(OC)c1. The summed E-state index contributed by atoms with van der Waals surface area (Å²) in [6, 6.07) is 7.07. The number of carbonyl (C=O) groups is 1. The van der Waals surface area contributed by atoms with Crippen molar-refractivity contribution >= 4 is 5.91 Å². The molecule has 2 heterocycles. The molecule has 0 bridgehead atoms. The number of hydrogen-bond donors (Lipinski definition) is 1. The number of pyridine rings is 1. The molecule has 0 saturated heterocycles. The molecule has 1 aromatic carbocycles. The van der Waals surface area contributed by atoms with E-state index in [0.717, 1.165) is 16.7 Å². The van der Waals surface area contributed by atoms with Crippen LogP contribution in [0.25, 0.3) is 11.1 Å². The lowest BCUT2D eigenvalue weighted by Gasteiger charge is -2.18. The molecule has 0 fully saturated rings. The number of rotatable bonds is 6. The third-order valence-electron chi connectivity index (χ3n) is 4.29. The minimum absolute atomic E-state index is 0.210. The molecule has 1 unspecified atom stereocenters. The van der Waals surface area contributed by atoms with Crippen molar-refractivity contribution in [2.24, 2.45) is 7.05 Å². The number of carbonyl (C=O) groups excluding carboxylic acids is 1. The maximum absolute atomic E-state index is 12.7. The Morgan fingerprint density at radius 1 is 1.11 bits per heavy atom. The first-order valence-electron chi connectivity index (χ1n) is 8.48. The molecule has 3 aromatic rings. The van der Waals surface area contributed by atoms with Crippen LogP contribution in [0.5, 0.6) is 11.5 Å². The molecular weight excluding hydrogens is 344 g/mol. The highest BCUT2D eigenvalue weighted by Crippen LogP contribution is 2.29. The second-order valence-electron chi connectivity index (χ2n) is 6.17. The number of aromatic nitrogens is 3. The van der Waals surface area contributed by atoms with Gasteiger partial charge in [0.2, 0.25) is 0 Å². The van der Waals surface area contributed by atoms with Gasteiger partial charge in [-0.05, 0) is 25.1 Å². The van der Waals surface area contributed by atoms with E-state index in [1.807, 2.05) is 32.3 Å². The number of hydrogen-bond acceptors (Lipinski definition) is 5. The van der Waals surface area contributed by atoms with E-state index < -0.39 is 0 Å². The molecule has 0 aliphatic heterocycles. The van der Waals surface area contributed by atoms with E-state index in [2.05, 4.69) is 15.4 Å². The van der Waals surface area contributed by atoms with Crippen molar-refractivity contribution in [3.63, 3.8) is 0 Å². The fraction of sp³-hybridized carbons (Fsp3) is 0.250. The summed E-state index contributed by atoms with van der Waals surface area (Å²) in [4.78, 5) is 16.9. The molecule has 7 heteroatoms. The molecule has 27 heavy (non-hydrogen) atoms. The van der Waals surface area contributed by atoms with E-state index in [0.29, 0.717) is 17.1 Å². The maximum atomic E-state index is 12.7. The minimum atomic E-state index is -0.250. The summed E-state index contributed by atoms with van der Waals surface area (Å²) >= 11 is 0. The summed E-state index contributed by atoms with van der Waals surface area (Å²) in [5.74, 6) is 1.14. The van der Waals surface area contributed by atoms with Gasteiger partial charge in [0, 0.05) is 48.4 Å². The Hall–Kier alpha value is -3.35. The molecule has 1 N–H and O–H groups in total. The van der Waals surface area contributed by atoms with Gasteiger partial charge in [-0.25, -0.2) is 0 Å². The first kappa shape index (κ1) is 18.4. The summed E-state index contributed by atoms with van der Waals surface area (Å²) in [6.07, 6.45) is 6.88. The molecule has 140 valence electrons. The topological polar surface area (TPSA) is 78.3 Å². The number of benzene rings is 1. The van der Waals surface area contributed by atoms with E-state index in [9.17, 15) is 4.79 Å².